The maximum Gasteiger partial charge on any atom is 0.0462 e. The van der Waals surface area contributed by atoms with Gasteiger partial charge in [0.15, 0.2) is 0 Å². The Kier molecular flexibility index (Phi) is 6.53. The van der Waals surface area contributed by atoms with E-state index < -0.39 is 0 Å². The lowest BCUT2D eigenvalue weighted by Gasteiger charge is -2.22. The van der Waals surface area contributed by atoms with E-state index in [1.54, 1.807) is 7.11 Å². The van der Waals surface area contributed by atoms with Crippen LogP contribution in [0.2, 0.25) is 0 Å². The summed E-state index contributed by atoms with van der Waals surface area (Å²) in [6.45, 7) is 10.8. The minimum absolute atomic E-state index is 0.224. The molecule has 0 saturated carbocycles. The maximum atomic E-state index is 5.14. The van der Waals surface area contributed by atoms with Crippen molar-refractivity contribution in [2.75, 3.05) is 20.3 Å². The second kappa shape index (κ2) is 7.66. The summed E-state index contributed by atoms with van der Waals surface area (Å²) in [7, 11) is 1.76. The van der Waals surface area contributed by atoms with Gasteiger partial charge in [0.25, 0.3) is 0 Å². The molecule has 0 aliphatic carbocycles. The van der Waals surface area contributed by atoms with E-state index in [1.807, 2.05) is 0 Å². The standard InChI is InChI=1S/C17H29NO/c1-6-18-16(8-7-13-19-5)14-9-11-15(12-10-14)17(2,3)4/h9-12,16,18H,6-8,13H2,1-5H3. The highest BCUT2D eigenvalue weighted by Crippen LogP contribution is 2.25. The van der Waals surface area contributed by atoms with Crippen LogP contribution in [0.5, 0.6) is 0 Å². The SMILES string of the molecule is CCNC(CCCOC)c1ccc(C(C)(C)C)cc1. The van der Waals surface area contributed by atoms with Crippen LogP contribution in [0.4, 0.5) is 0 Å². The van der Waals surface area contributed by atoms with E-state index in [0.717, 1.165) is 26.0 Å². The summed E-state index contributed by atoms with van der Waals surface area (Å²) in [5.74, 6) is 0. The lowest BCUT2D eigenvalue weighted by atomic mass is 9.86. The predicted molar refractivity (Wildman–Crippen MR) is 82.7 cm³/mol. The molecule has 1 aromatic carbocycles. The van der Waals surface area contributed by atoms with Gasteiger partial charge >= 0.3 is 0 Å². The van der Waals surface area contributed by atoms with Crippen LogP contribution in [0.25, 0.3) is 0 Å². The Hall–Kier alpha value is -0.860. The number of hydrogen-bond donors (Lipinski definition) is 1. The number of nitrogens with one attached hydrogen (secondary N) is 1. The first-order valence-corrected chi connectivity index (χ1v) is 7.31. The molecule has 1 rings (SSSR count). The monoisotopic (exact) mass is 263 g/mol. The van der Waals surface area contributed by atoms with Gasteiger partial charge in [-0.25, -0.2) is 0 Å². The molecule has 2 heteroatoms. The molecular weight excluding hydrogens is 234 g/mol. The van der Waals surface area contributed by atoms with Gasteiger partial charge in [-0.3, -0.25) is 0 Å². The average Bonchev–Trinajstić information content (AvgIpc) is 2.37. The fourth-order valence-corrected chi connectivity index (χ4v) is 2.28. The molecule has 0 bridgehead atoms. The minimum Gasteiger partial charge on any atom is -0.385 e. The summed E-state index contributed by atoms with van der Waals surface area (Å²) < 4.78 is 5.14. The zero-order valence-electron chi connectivity index (χ0n) is 13.1. The Morgan fingerprint density at radius 1 is 1.16 bits per heavy atom. The predicted octanol–water partition coefficient (Wildman–Crippen LogP) is 4.06. The van der Waals surface area contributed by atoms with Crippen LogP contribution in [0.1, 0.15) is 57.7 Å². The molecule has 0 aliphatic heterocycles. The largest absolute Gasteiger partial charge is 0.385 e. The van der Waals surface area contributed by atoms with Gasteiger partial charge < -0.3 is 10.1 Å². The average molecular weight is 263 g/mol. The van der Waals surface area contributed by atoms with Gasteiger partial charge in [0.1, 0.15) is 0 Å². The van der Waals surface area contributed by atoms with Crippen molar-refractivity contribution in [3.8, 4) is 0 Å². The van der Waals surface area contributed by atoms with Crippen LogP contribution in [-0.4, -0.2) is 20.3 Å². The van der Waals surface area contributed by atoms with Gasteiger partial charge in [0, 0.05) is 19.8 Å². The second-order valence-corrected chi connectivity index (χ2v) is 6.12. The fourth-order valence-electron chi connectivity index (χ4n) is 2.28. The Morgan fingerprint density at radius 2 is 1.79 bits per heavy atom. The Labute approximate surface area is 118 Å². The third-order valence-electron chi connectivity index (χ3n) is 3.47. The van der Waals surface area contributed by atoms with E-state index in [4.69, 9.17) is 4.74 Å². The second-order valence-electron chi connectivity index (χ2n) is 6.12. The van der Waals surface area contributed by atoms with Crippen LogP contribution >= 0.6 is 0 Å². The Morgan fingerprint density at radius 3 is 2.26 bits per heavy atom. The smallest absolute Gasteiger partial charge is 0.0462 e. The van der Waals surface area contributed by atoms with Gasteiger partial charge in [-0.1, -0.05) is 52.0 Å². The van der Waals surface area contributed by atoms with Crippen molar-refractivity contribution < 1.29 is 4.74 Å². The van der Waals surface area contributed by atoms with Gasteiger partial charge in [0.05, 0.1) is 0 Å². The number of hydrogen-bond acceptors (Lipinski definition) is 2. The van der Waals surface area contributed by atoms with Crippen LogP contribution in [0, 0.1) is 0 Å². The molecule has 0 amide bonds. The Bertz CT molecular complexity index is 351. The van der Waals surface area contributed by atoms with E-state index in [-0.39, 0.29) is 5.41 Å². The summed E-state index contributed by atoms with van der Waals surface area (Å²) in [6, 6.07) is 9.49. The Balaban J connectivity index is 2.73. The van der Waals surface area contributed by atoms with Crippen LogP contribution in [0.15, 0.2) is 24.3 Å². The zero-order valence-corrected chi connectivity index (χ0v) is 13.1. The van der Waals surface area contributed by atoms with Gasteiger partial charge in [-0.05, 0) is 35.9 Å². The normalized spacial score (nSPS) is 13.5. The molecule has 2 nitrogen and oxygen atoms in total. The quantitative estimate of drug-likeness (QED) is 0.749. The van der Waals surface area contributed by atoms with Crippen LogP contribution < -0.4 is 5.32 Å². The molecule has 1 unspecified atom stereocenters. The molecule has 0 spiro atoms. The molecule has 19 heavy (non-hydrogen) atoms. The first-order valence-electron chi connectivity index (χ1n) is 7.31. The molecule has 0 aliphatic rings. The topological polar surface area (TPSA) is 21.3 Å². The molecule has 0 heterocycles. The third-order valence-corrected chi connectivity index (χ3v) is 3.47. The molecule has 1 atom stereocenters. The van der Waals surface area contributed by atoms with Crippen LogP contribution in [0.3, 0.4) is 0 Å². The molecule has 1 N–H and O–H groups in total. The van der Waals surface area contributed by atoms with Crippen molar-refractivity contribution in [2.24, 2.45) is 0 Å². The first-order chi connectivity index (χ1) is 8.99. The zero-order chi connectivity index (χ0) is 14.3. The molecular formula is C17H29NO. The lowest BCUT2D eigenvalue weighted by molar-refractivity contribution is 0.189. The summed E-state index contributed by atoms with van der Waals surface area (Å²) in [5.41, 5.74) is 3.00. The molecule has 0 saturated heterocycles. The molecule has 108 valence electrons. The lowest BCUT2D eigenvalue weighted by Crippen LogP contribution is -2.21. The van der Waals surface area contributed by atoms with E-state index >= 15 is 0 Å². The highest BCUT2D eigenvalue weighted by Gasteiger charge is 2.15. The van der Waals surface area contributed by atoms with Crippen molar-refractivity contribution in [3.63, 3.8) is 0 Å². The highest BCUT2D eigenvalue weighted by molar-refractivity contribution is 5.29. The third kappa shape index (κ3) is 5.33. The van der Waals surface area contributed by atoms with Crippen molar-refractivity contribution in [1.29, 1.82) is 0 Å². The van der Waals surface area contributed by atoms with Crippen molar-refractivity contribution >= 4 is 0 Å². The first kappa shape index (κ1) is 16.2. The van der Waals surface area contributed by atoms with Crippen molar-refractivity contribution in [2.45, 2.75) is 52.0 Å². The van der Waals surface area contributed by atoms with Gasteiger partial charge in [0.2, 0.25) is 0 Å². The van der Waals surface area contributed by atoms with E-state index in [9.17, 15) is 0 Å². The summed E-state index contributed by atoms with van der Waals surface area (Å²) >= 11 is 0. The summed E-state index contributed by atoms with van der Waals surface area (Å²) in [5, 5.41) is 3.56. The summed E-state index contributed by atoms with van der Waals surface area (Å²) in [4.78, 5) is 0. The molecule has 0 aromatic heterocycles. The minimum atomic E-state index is 0.224. The van der Waals surface area contributed by atoms with Gasteiger partial charge in [-0.2, -0.15) is 0 Å². The molecule has 0 radical (unpaired) electrons. The van der Waals surface area contributed by atoms with Crippen molar-refractivity contribution in [3.05, 3.63) is 35.4 Å². The highest BCUT2D eigenvalue weighted by atomic mass is 16.5. The fraction of sp³-hybridized carbons (Fsp3) is 0.647. The number of methoxy groups -OCH3 is 1. The number of benzene rings is 1. The van der Waals surface area contributed by atoms with E-state index in [2.05, 4.69) is 57.3 Å². The maximum absolute atomic E-state index is 5.14. The summed E-state index contributed by atoms with van der Waals surface area (Å²) in [6.07, 6.45) is 2.21. The van der Waals surface area contributed by atoms with Crippen molar-refractivity contribution in [1.82, 2.24) is 5.32 Å². The molecule has 0 fully saturated rings. The van der Waals surface area contributed by atoms with E-state index in [1.165, 1.54) is 11.1 Å². The van der Waals surface area contributed by atoms with E-state index in [0.29, 0.717) is 6.04 Å². The van der Waals surface area contributed by atoms with Gasteiger partial charge in [-0.15, -0.1) is 0 Å². The number of rotatable bonds is 7. The molecule has 1 aromatic rings. The number of ether oxygens (including phenoxy) is 1. The van der Waals surface area contributed by atoms with Crippen LogP contribution in [-0.2, 0) is 10.2 Å².